The fourth-order valence-electron chi connectivity index (χ4n) is 5.22. The minimum atomic E-state index is -0.831. The second-order valence-electron chi connectivity index (χ2n) is 8.02. The molecule has 0 unspecified atom stereocenters. The summed E-state index contributed by atoms with van der Waals surface area (Å²) >= 11 is 0. The largest absolute Gasteiger partial charge is 0.468 e. The Morgan fingerprint density at radius 2 is 1.95 bits per heavy atom. The standard InChI is InChI=1S/C16H24O3/c1-14(2)7-10-8-15(3)6-5-11(15)12(17)16(10,9-14)13(18)19-4/h10-11H,5-9H2,1-4H3/t10-,11-,15+,16+/m0/s1. The Hall–Kier alpha value is -0.860. The van der Waals surface area contributed by atoms with Crippen molar-refractivity contribution in [3.8, 4) is 0 Å². The molecule has 4 atom stereocenters. The molecule has 3 aliphatic rings. The van der Waals surface area contributed by atoms with Crippen LogP contribution < -0.4 is 0 Å². The van der Waals surface area contributed by atoms with Crippen molar-refractivity contribution in [1.82, 2.24) is 0 Å². The van der Waals surface area contributed by atoms with Crippen molar-refractivity contribution < 1.29 is 14.3 Å². The Bertz CT molecular complexity index is 453. The number of ketones is 1. The normalized spacial score (nSPS) is 47.1. The Morgan fingerprint density at radius 3 is 2.47 bits per heavy atom. The van der Waals surface area contributed by atoms with Crippen molar-refractivity contribution in [3.05, 3.63) is 0 Å². The van der Waals surface area contributed by atoms with Crippen LogP contribution in [0.25, 0.3) is 0 Å². The van der Waals surface area contributed by atoms with E-state index < -0.39 is 5.41 Å². The van der Waals surface area contributed by atoms with Crippen LogP contribution in [0.4, 0.5) is 0 Å². The zero-order valence-corrected chi connectivity index (χ0v) is 12.4. The van der Waals surface area contributed by atoms with Gasteiger partial charge in [-0.25, -0.2) is 0 Å². The molecule has 0 aliphatic heterocycles. The van der Waals surface area contributed by atoms with Gasteiger partial charge in [0, 0.05) is 5.92 Å². The van der Waals surface area contributed by atoms with Gasteiger partial charge in [-0.05, 0) is 48.9 Å². The summed E-state index contributed by atoms with van der Waals surface area (Å²) in [5.74, 6) is 0.192. The maximum atomic E-state index is 13.0. The molecular weight excluding hydrogens is 240 g/mol. The van der Waals surface area contributed by atoms with E-state index in [1.54, 1.807) is 0 Å². The number of fused-ring (bicyclic) bond motifs is 2. The molecule has 0 saturated heterocycles. The molecule has 0 heterocycles. The van der Waals surface area contributed by atoms with Crippen LogP contribution in [0, 0.1) is 28.1 Å². The van der Waals surface area contributed by atoms with Crippen molar-refractivity contribution in [1.29, 1.82) is 0 Å². The lowest BCUT2D eigenvalue weighted by Gasteiger charge is -2.56. The highest BCUT2D eigenvalue weighted by molar-refractivity contribution is 6.07. The first-order valence-electron chi connectivity index (χ1n) is 7.38. The summed E-state index contributed by atoms with van der Waals surface area (Å²) in [4.78, 5) is 25.4. The predicted octanol–water partition coefficient (Wildman–Crippen LogP) is 2.97. The lowest BCUT2D eigenvalue weighted by atomic mass is 9.46. The smallest absolute Gasteiger partial charge is 0.319 e. The topological polar surface area (TPSA) is 43.4 Å². The first-order valence-corrected chi connectivity index (χ1v) is 7.38. The van der Waals surface area contributed by atoms with E-state index in [9.17, 15) is 9.59 Å². The predicted molar refractivity (Wildman–Crippen MR) is 71.4 cm³/mol. The summed E-state index contributed by atoms with van der Waals surface area (Å²) in [6.45, 7) is 6.58. The van der Waals surface area contributed by atoms with Crippen molar-refractivity contribution in [2.45, 2.75) is 52.9 Å². The van der Waals surface area contributed by atoms with E-state index in [1.165, 1.54) is 7.11 Å². The van der Waals surface area contributed by atoms with E-state index in [2.05, 4.69) is 20.8 Å². The van der Waals surface area contributed by atoms with Crippen molar-refractivity contribution in [3.63, 3.8) is 0 Å². The molecular formula is C16H24O3. The summed E-state index contributed by atoms with van der Waals surface area (Å²) in [7, 11) is 1.42. The molecule has 0 aromatic rings. The molecule has 3 rings (SSSR count). The number of methoxy groups -OCH3 is 1. The van der Waals surface area contributed by atoms with Crippen LogP contribution in [0.15, 0.2) is 0 Å². The number of hydrogen-bond acceptors (Lipinski definition) is 3. The van der Waals surface area contributed by atoms with Gasteiger partial charge in [0.25, 0.3) is 0 Å². The summed E-state index contributed by atoms with van der Waals surface area (Å²) in [6.07, 6.45) is 4.75. The second-order valence-corrected chi connectivity index (χ2v) is 8.02. The molecule has 0 aromatic carbocycles. The molecule has 0 aromatic heterocycles. The highest BCUT2D eigenvalue weighted by Gasteiger charge is 2.69. The van der Waals surface area contributed by atoms with Crippen LogP contribution in [0.1, 0.15) is 52.9 Å². The fraction of sp³-hybridized carbons (Fsp3) is 0.875. The molecule has 0 spiro atoms. The lowest BCUT2D eigenvalue weighted by Crippen LogP contribution is -2.59. The second kappa shape index (κ2) is 3.62. The van der Waals surface area contributed by atoms with Gasteiger partial charge in [0.1, 0.15) is 5.41 Å². The third-order valence-corrected chi connectivity index (χ3v) is 6.12. The minimum absolute atomic E-state index is 0.0641. The van der Waals surface area contributed by atoms with Crippen molar-refractivity contribution in [2.24, 2.45) is 28.1 Å². The van der Waals surface area contributed by atoms with Gasteiger partial charge in [0.05, 0.1) is 7.11 Å². The number of carbonyl (C=O) groups is 2. The SMILES string of the molecule is COC(=O)[C@]12CC(C)(C)C[C@H]1C[C@@]1(C)CC[C@H]1C2=O. The van der Waals surface area contributed by atoms with E-state index in [1.807, 2.05) is 0 Å². The molecule has 106 valence electrons. The van der Waals surface area contributed by atoms with Crippen LogP contribution in [0.2, 0.25) is 0 Å². The third-order valence-electron chi connectivity index (χ3n) is 6.12. The number of carbonyl (C=O) groups excluding carboxylic acids is 2. The maximum Gasteiger partial charge on any atom is 0.319 e. The average molecular weight is 264 g/mol. The van der Waals surface area contributed by atoms with Crippen LogP contribution in [0.5, 0.6) is 0 Å². The highest BCUT2D eigenvalue weighted by atomic mass is 16.5. The number of rotatable bonds is 1. The molecule has 0 amide bonds. The van der Waals surface area contributed by atoms with Crippen LogP contribution in [-0.4, -0.2) is 18.9 Å². The highest BCUT2D eigenvalue weighted by Crippen LogP contribution is 2.67. The molecule has 0 N–H and O–H groups in total. The van der Waals surface area contributed by atoms with Gasteiger partial charge >= 0.3 is 5.97 Å². The molecule has 3 fully saturated rings. The fourth-order valence-corrected chi connectivity index (χ4v) is 5.22. The van der Waals surface area contributed by atoms with Gasteiger partial charge in [0.2, 0.25) is 0 Å². The molecule has 3 aliphatic carbocycles. The number of hydrogen-bond donors (Lipinski definition) is 0. The van der Waals surface area contributed by atoms with Gasteiger partial charge in [0.15, 0.2) is 5.78 Å². The molecule has 0 bridgehead atoms. The van der Waals surface area contributed by atoms with E-state index >= 15 is 0 Å². The molecule has 19 heavy (non-hydrogen) atoms. The molecule has 3 nitrogen and oxygen atoms in total. The number of ether oxygens (including phenoxy) is 1. The van der Waals surface area contributed by atoms with Gasteiger partial charge in [-0.15, -0.1) is 0 Å². The maximum absolute atomic E-state index is 13.0. The Labute approximate surface area is 115 Å². The summed E-state index contributed by atoms with van der Waals surface area (Å²) in [5.41, 5.74) is -0.614. The monoisotopic (exact) mass is 264 g/mol. The van der Waals surface area contributed by atoms with E-state index in [4.69, 9.17) is 4.74 Å². The van der Waals surface area contributed by atoms with Crippen molar-refractivity contribution >= 4 is 11.8 Å². The van der Waals surface area contributed by atoms with Crippen LogP contribution in [0.3, 0.4) is 0 Å². The van der Waals surface area contributed by atoms with Crippen LogP contribution >= 0.6 is 0 Å². The number of Topliss-reactive ketones (excluding diaryl/α,β-unsaturated/α-hetero) is 1. The molecule has 0 radical (unpaired) electrons. The summed E-state index contributed by atoms with van der Waals surface area (Å²) in [6, 6.07) is 0. The Balaban J connectivity index is 2.06. The number of esters is 1. The Morgan fingerprint density at radius 1 is 1.26 bits per heavy atom. The van der Waals surface area contributed by atoms with E-state index in [0.717, 1.165) is 25.7 Å². The first-order chi connectivity index (χ1) is 8.75. The zero-order chi connectivity index (χ0) is 14.1. The summed E-state index contributed by atoms with van der Waals surface area (Å²) in [5, 5.41) is 0. The van der Waals surface area contributed by atoms with Crippen LogP contribution in [-0.2, 0) is 14.3 Å². The van der Waals surface area contributed by atoms with Gasteiger partial charge in [-0.3, -0.25) is 9.59 Å². The van der Waals surface area contributed by atoms with Crippen molar-refractivity contribution in [2.75, 3.05) is 7.11 Å². The van der Waals surface area contributed by atoms with E-state index in [-0.39, 0.29) is 34.4 Å². The first kappa shape index (κ1) is 13.1. The van der Waals surface area contributed by atoms with E-state index in [0.29, 0.717) is 6.42 Å². The average Bonchev–Trinajstić information content (AvgIpc) is 2.58. The van der Waals surface area contributed by atoms with Gasteiger partial charge in [-0.2, -0.15) is 0 Å². The molecule has 3 saturated carbocycles. The summed E-state index contributed by atoms with van der Waals surface area (Å²) < 4.78 is 5.04. The third kappa shape index (κ3) is 1.50. The minimum Gasteiger partial charge on any atom is -0.468 e. The lowest BCUT2D eigenvalue weighted by molar-refractivity contribution is -0.176. The zero-order valence-electron chi connectivity index (χ0n) is 12.4. The quantitative estimate of drug-likeness (QED) is 0.540. The van der Waals surface area contributed by atoms with Gasteiger partial charge in [-0.1, -0.05) is 20.8 Å². The van der Waals surface area contributed by atoms with Gasteiger partial charge < -0.3 is 4.74 Å². The Kier molecular flexibility index (Phi) is 2.50. The molecule has 3 heteroatoms.